The number of nitrogens with two attached hydrogens (primary N) is 1. The van der Waals surface area contributed by atoms with Crippen molar-refractivity contribution in [3.63, 3.8) is 0 Å². The first kappa shape index (κ1) is 15.5. The Hall–Kier alpha value is -0.920. The minimum atomic E-state index is -3.73. The number of nitrogen functional groups attached to an aromatic ring is 1. The number of sulfonamides is 1. The van der Waals surface area contributed by atoms with Crippen molar-refractivity contribution in [2.75, 3.05) is 12.3 Å². The van der Waals surface area contributed by atoms with Crippen molar-refractivity contribution in [2.24, 2.45) is 5.92 Å². The quantitative estimate of drug-likeness (QED) is 0.638. The van der Waals surface area contributed by atoms with Gasteiger partial charge in [-0.1, -0.05) is 12.2 Å². The van der Waals surface area contributed by atoms with Crippen LogP contribution in [-0.4, -0.2) is 15.0 Å². The van der Waals surface area contributed by atoms with Crippen LogP contribution < -0.4 is 10.5 Å². The van der Waals surface area contributed by atoms with Gasteiger partial charge < -0.3 is 5.73 Å². The summed E-state index contributed by atoms with van der Waals surface area (Å²) < 4.78 is 40.3. The van der Waals surface area contributed by atoms with Gasteiger partial charge in [0.05, 0.1) is 10.2 Å². The second-order valence-corrected chi connectivity index (χ2v) is 7.40. The van der Waals surface area contributed by atoms with Gasteiger partial charge in [-0.15, -0.1) is 0 Å². The standard InChI is InChI=1S/C13H16BrFN2O2S/c14-10-6-13(12(16)7-11(10)15)20(18,19)17-8-9-4-2-1-3-5-9/h1-2,6-7,9,17H,3-5,8,16H2. The summed E-state index contributed by atoms with van der Waals surface area (Å²) >= 11 is 2.97. The van der Waals surface area contributed by atoms with E-state index in [1.807, 2.05) is 0 Å². The summed E-state index contributed by atoms with van der Waals surface area (Å²) in [6.07, 6.45) is 6.95. The highest BCUT2D eigenvalue weighted by Crippen LogP contribution is 2.26. The van der Waals surface area contributed by atoms with Crippen LogP contribution in [0.2, 0.25) is 0 Å². The molecule has 0 saturated heterocycles. The molecular weight excluding hydrogens is 347 g/mol. The van der Waals surface area contributed by atoms with Gasteiger partial charge in [0.15, 0.2) is 0 Å². The number of benzene rings is 1. The van der Waals surface area contributed by atoms with Gasteiger partial charge in [-0.3, -0.25) is 0 Å². The molecule has 0 bridgehead atoms. The summed E-state index contributed by atoms with van der Waals surface area (Å²) in [5.41, 5.74) is 5.50. The van der Waals surface area contributed by atoms with Crippen molar-refractivity contribution in [1.82, 2.24) is 4.72 Å². The maximum absolute atomic E-state index is 13.3. The van der Waals surface area contributed by atoms with Crippen molar-refractivity contribution in [3.8, 4) is 0 Å². The number of anilines is 1. The lowest BCUT2D eigenvalue weighted by Crippen LogP contribution is -2.30. The molecule has 0 fully saturated rings. The van der Waals surface area contributed by atoms with Crippen LogP contribution in [0.5, 0.6) is 0 Å². The molecule has 0 radical (unpaired) electrons. The molecule has 1 aromatic carbocycles. The lowest BCUT2D eigenvalue weighted by molar-refractivity contribution is 0.468. The van der Waals surface area contributed by atoms with E-state index in [-0.39, 0.29) is 15.1 Å². The van der Waals surface area contributed by atoms with Gasteiger partial charge >= 0.3 is 0 Å². The molecule has 110 valence electrons. The van der Waals surface area contributed by atoms with Crippen LogP contribution in [0.1, 0.15) is 19.3 Å². The number of hydrogen-bond donors (Lipinski definition) is 2. The number of allylic oxidation sites excluding steroid dienone is 2. The average molecular weight is 363 g/mol. The van der Waals surface area contributed by atoms with E-state index in [9.17, 15) is 12.8 Å². The van der Waals surface area contributed by atoms with Crippen molar-refractivity contribution < 1.29 is 12.8 Å². The number of nitrogens with one attached hydrogen (secondary N) is 1. The first-order valence-corrected chi connectivity index (χ1v) is 8.57. The highest BCUT2D eigenvalue weighted by molar-refractivity contribution is 9.10. The first-order chi connectivity index (χ1) is 9.40. The molecule has 20 heavy (non-hydrogen) atoms. The van der Waals surface area contributed by atoms with Crippen molar-refractivity contribution >= 4 is 31.6 Å². The summed E-state index contributed by atoms with van der Waals surface area (Å²) in [5, 5.41) is 0. The van der Waals surface area contributed by atoms with Gasteiger partial charge in [0.25, 0.3) is 0 Å². The lowest BCUT2D eigenvalue weighted by atomic mass is 9.95. The summed E-state index contributed by atoms with van der Waals surface area (Å²) in [4.78, 5) is -0.0999. The molecule has 1 unspecified atom stereocenters. The molecule has 0 spiro atoms. The zero-order valence-electron chi connectivity index (χ0n) is 10.8. The monoisotopic (exact) mass is 362 g/mol. The molecule has 4 nitrogen and oxygen atoms in total. The molecule has 0 aromatic heterocycles. The normalized spacial score (nSPS) is 19.2. The van der Waals surface area contributed by atoms with Gasteiger partial charge in [-0.05, 0) is 53.2 Å². The van der Waals surface area contributed by atoms with E-state index in [0.29, 0.717) is 12.5 Å². The maximum Gasteiger partial charge on any atom is 0.242 e. The Balaban J connectivity index is 2.14. The van der Waals surface area contributed by atoms with Crippen LogP contribution >= 0.6 is 15.9 Å². The van der Waals surface area contributed by atoms with Crippen LogP contribution in [0.15, 0.2) is 33.7 Å². The van der Waals surface area contributed by atoms with E-state index < -0.39 is 15.8 Å². The molecule has 1 aliphatic rings. The van der Waals surface area contributed by atoms with E-state index in [0.717, 1.165) is 25.3 Å². The summed E-state index contributed by atoms with van der Waals surface area (Å²) in [7, 11) is -3.73. The van der Waals surface area contributed by atoms with Crippen molar-refractivity contribution in [2.45, 2.75) is 24.2 Å². The van der Waals surface area contributed by atoms with E-state index in [4.69, 9.17) is 5.73 Å². The van der Waals surface area contributed by atoms with Crippen molar-refractivity contribution in [1.29, 1.82) is 0 Å². The van der Waals surface area contributed by atoms with Crippen LogP contribution in [0, 0.1) is 11.7 Å². The Bertz CT molecular complexity index is 632. The molecular formula is C13H16BrFN2O2S. The topological polar surface area (TPSA) is 72.2 Å². The molecule has 0 saturated carbocycles. The minimum absolute atomic E-state index is 0.0766. The summed E-state index contributed by atoms with van der Waals surface area (Å²) in [6.45, 7) is 0.362. The van der Waals surface area contributed by atoms with Crippen LogP contribution in [0.25, 0.3) is 0 Å². The van der Waals surface area contributed by atoms with Gasteiger partial charge in [0.2, 0.25) is 10.0 Å². The van der Waals surface area contributed by atoms with E-state index in [1.54, 1.807) is 0 Å². The molecule has 1 atom stereocenters. The SMILES string of the molecule is Nc1cc(F)c(Br)cc1S(=O)(=O)NCC1CC=CCC1. The second kappa shape index (κ2) is 6.24. The summed E-state index contributed by atoms with van der Waals surface area (Å²) in [5.74, 6) is -0.293. The lowest BCUT2D eigenvalue weighted by Gasteiger charge is -2.18. The van der Waals surface area contributed by atoms with Gasteiger partial charge in [-0.2, -0.15) is 0 Å². The maximum atomic E-state index is 13.3. The molecule has 1 aliphatic carbocycles. The third-order valence-corrected chi connectivity index (χ3v) is 5.37. The second-order valence-electron chi connectivity index (χ2n) is 4.81. The molecule has 2 rings (SSSR count). The summed E-state index contributed by atoms with van der Waals surface area (Å²) in [6, 6.07) is 2.19. The molecule has 0 heterocycles. The Morgan fingerprint density at radius 3 is 2.80 bits per heavy atom. The Labute approximate surface area is 126 Å². The van der Waals surface area contributed by atoms with Crippen LogP contribution in [-0.2, 0) is 10.0 Å². The third kappa shape index (κ3) is 3.59. The zero-order chi connectivity index (χ0) is 14.8. The highest BCUT2D eigenvalue weighted by atomic mass is 79.9. The molecule has 1 aromatic rings. The Morgan fingerprint density at radius 1 is 1.40 bits per heavy atom. The van der Waals surface area contributed by atoms with E-state index in [1.165, 1.54) is 6.07 Å². The smallest absolute Gasteiger partial charge is 0.242 e. The largest absolute Gasteiger partial charge is 0.398 e. The van der Waals surface area contributed by atoms with E-state index in [2.05, 4.69) is 32.8 Å². The number of halogens is 2. The molecule has 0 amide bonds. The third-order valence-electron chi connectivity index (χ3n) is 3.28. The van der Waals surface area contributed by atoms with Crippen molar-refractivity contribution in [3.05, 3.63) is 34.6 Å². The fraction of sp³-hybridized carbons (Fsp3) is 0.385. The van der Waals surface area contributed by atoms with Gasteiger partial charge in [-0.25, -0.2) is 17.5 Å². The first-order valence-electron chi connectivity index (χ1n) is 6.29. The fourth-order valence-electron chi connectivity index (χ4n) is 2.12. The number of hydrogen-bond acceptors (Lipinski definition) is 3. The van der Waals surface area contributed by atoms with Gasteiger partial charge in [0, 0.05) is 6.54 Å². The van der Waals surface area contributed by atoms with Gasteiger partial charge in [0.1, 0.15) is 10.7 Å². The minimum Gasteiger partial charge on any atom is -0.398 e. The predicted molar refractivity (Wildman–Crippen MR) is 80.2 cm³/mol. The zero-order valence-corrected chi connectivity index (χ0v) is 13.2. The van der Waals surface area contributed by atoms with E-state index >= 15 is 0 Å². The van der Waals surface area contributed by atoms with Crippen LogP contribution in [0.3, 0.4) is 0 Å². The van der Waals surface area contributed by atoms with Crippen LogP contribution in [0.4, 0.5) is 10.1 Å². The molecule has 0 aliphatic heterocycles. The molecule has 3 N–H and O–H groups in total. The highest BCUT2D eigenvalue weighted by Gasteiger charge is 2.21. The fourth-order valence-corrected chi connectivity index (χ4v) is 3.87. The Kier molecular flexibility index (Phi) is 4.82. The predicted octanol–water partition coefficient (Wildman–Crippen LogP) is 2.81. The number of rotatable bonds is 4. The molecule has 7 heteroatoms. The average Bonchev–Trinajstić information content (AvgIpc) is 2.42. The Morgan fingerprint density at radius 2 is 2.15 bits per heavy atom.